The van der Waals surface area contributed by atoms with Crippen molar-refractivity contribution in [1.82, 2.24) is 4.90 Å². The molecule has 0 atom stereocenters. The largest absolute Gasteiger partial charge is 0.486 e. The van der Waals surface area contributed by atoms with Gasteiger partial charge < -0.3 is 19.3 Å². The van der Waals surface area contributed by atoms with Crippen LogP contribution in [0.5, 0.6) is 11.5 Å². The third kappa shape index (κ3) is 4.14. The van der Waals surface area contributed by atoms with Crippen LogP contribution in [0.15, 0.2) is 48.5 Å². The molecule has 2 heterocycles. The topological polar surface area (TPSA) is 42.0 Å². The predicted octanol–water partition coefficient (Wildman–Crippen LogP) is 3.73. The molecule has 0 aromatic heterocycles. The third-order valence-corrected chi connectivity index (χ3v) is 5.21. The summed E-state index contributed by atoms with van der Waals surface area (Å²) in [5.41, 5.74) is 3.35. The molecule has 4 rings (SSSR count). The average Bonchev–Trinajstić information content (AvgIpc) is 3.27. The monoisotopic (exact) mass is 378 g/mol. The van der Waals surface area contributed by atoms with Crippen LogP contribution in [0.4, 0.5) is 5.69 Å². The quantitative estimate of drug-likeness (QED) is 0.744. The number of hydrogen-bond donors (Lipinski definition) is 0. The molecule has 1 saturated heterocycles. The maximum absolute atomic E-state index is 12.6. The number of benzene rings is 2. The van der Waals surface area contributed by atoms with Crippen LogP contribution < -0.4 is 14.4 Å². The lowest BCUT2D eigenvalue weighted by Crippen LogP contribution is -2.26. The molecule has 0 aliphatic carbocycles. The Kier molecular flexibility index (Phi) is 5.51. The van der Waals surface area contributed by atoms with Crippen molar-refractivity contribution in [3.63, 3.8) is 0 Å². The average molecular weight is 378 g/mol. The molecule has 1 amide bonds. The number of para-hydroxylation sites is 1. The second kappa shape index (κ2) is 8.38. The van der Waals surface area contributed by atoms with Gasteiger partial charge in [-0.2, -0.15) is 0 Å². The van der Waals surface area contributed by atoms with Crippen LogP contribution in [-0.4, -0.2) is 44.2 Å². The Labute approximate surface area is 166 Å². The maximum Gasteiger partial charge on any atom is 0.246 e. The van der Waals surface area contributed by atoms with Crippen LogP contribution in [0.3, 0.4) is 0 Å². The van der Waals surface area contributed by atoms with E-state index in [1.54, 1.807) is 11.0 Å². The first-order valence-corrected chi connectivity index (χ1v) is 9.86. The highest BCUT2D eigenvalue weighted by Gasteiger charge is 2.17. The first-order valence-electron chi connectivity index (χ1n) is 9.86. The highest BCUT2D eigenvalue weighted by atomic mass is 16.6. The fourth-order valence-electron chi connectivity index (χ4n) is 3.70. The minimum absolute atomic E-state index is 0.0221. The van der Waals surface area contributed by atoms with Crippen LogP contribution in [-0.2, 0) is 11.3 Å². The number of nitrogens with zero attached hydrogens (tertiary/aromatic N) is 2. The summed E-state index contributed by atoms with van der Waals surface area (Å²) in [5.74, 6) is 1.46. The van der Waals surface area contributed by atoms with Gasteiger partial charge in [0.1, 0.15) is 13.2 Å². The summed E-state index contributed by atoms with van der Waals surface area (Å²) in [6, 6.07) is 14.1. The van der Waals surface area contributed by atoms with E-state index in [1.807, 2.05) is 37.4 Å². The predicted molar refractivity (Wildman–Crippen MR) is 111 cm³/mol. The van der Waals surface area contributed by atoms with Gasteiger partial charge >= 0.3 is 0 Å². The molecule has 2 aliphatic rings. The van der Waals surface area contributed by atoms with Gasteiger partial charge in [0.2, 0.25) is 5.91 Å². The number of likely N-dealkylation sites (N-methyl/N-ethyl adjacent to an activating group) is 1. The first-order chi connectivity index (χ1) is 13.7. The highest BCUT2D eigenvalue weighted by molar-refractivity contribution is 5.91. The molecule has 0 N–H and O–H groups in total. The smallest absolute Gasteiger partial charge is 0.246 e. The number of hydrogen-bond acceptors (Lipinski definition) is 4. The van der Waals surface area contributed by atoms with Gasteiger partial charge in [0.25, 0.3) is 0 Å². The van der Waals surface area contributed by atoms with Crippen LogP contribution in [0.25, 0.3) is 6.08 Å². The zero-order chi connectivity index (χ0) is 19.3. The van der Waals surface area contributed by atoms with Crippen molar-refractivity contribution in [3.8, 4) is 11.5 Å². The lowest BCUT2D eigenvalue weighted by Gasteiger charge is -2.24. The summed E-state index contributed by atoms with van der Waals surface area (Å²) >= 11 is 0. The molecular weight excluding hydrogens is 352 g/mol. The Balaban J connectivity index is 1.42. The minimum Gasteiger partial charge on any atom is -0.486 e. The van der Waals surface area contributed by atoms with Crippen molar-refractivity contribution in [2.75, 3.05) is 38.3 Å². The molecule has 1 fully saturated rings. The fraction of sp³-hybridized carbons (Fsp3) is 0.348. The molecule has 28 heavy (non-hydrogen) atoms. The lowest BCUT2D eigenvalue weighted by molar-refractivity contribution is -0.125. The number of fused-ring (bicyclic) bond motifs is 1. The number of anilines is 1. The Morgan fingerprint density at radius 1 is 1.07 bits per heavy atom. The molecule has 0 radical (unpaired) electrons. The summed E-state index contributed by atoms with van der Waals surface area (Å²) in [7, 11) is 1.84. The Morgan fingerprint density at radius 3 is 2.64 bits per heavy atom. The summed E-state index contributed by atoms with van der Waals surface area (Å²) in [4.78, 5) is 16.8. The Morgan fingerprint density at radius 2 is 1.82 bits per heavy atom. The van der Waals surface area contributed by atoms with Gasteiger partial charge in [-0.15, -0.1) is 0 Å². The molecule has 2 aliphatic heterocycles. The Bertz CT molecular complexity index is 872. The van der Waals surface area contributed by atoms with Gasteiger partial charge in [0.05, 0.1) is 0 Å². The second-order valence-electron chi connectivity index (χ2n) is 7.25. The number of carbonyl (C=O) groups excluding carboxylic acids is 1. The number of amides is 1. The van der Waals surface area contributed by atoms with E-state index in [0.717, 1.165) is 30.2 Å². The molecule has 0 unspecified atom stereocenters. The van der Waals surface area contributed by atoms with Crippen molar-refractivity contribution in [2.45, 2.75) is 19.4 Å². The Hall–Kier alpha value is -2.95. The molecule has 146 valence electrons. The molecule has 0 saturated carbocycles. The van der Waals surface area contributed by atoms with E-state index >= 15 is 0 Å². The first kappa shape index (κ1) is 18.4. The molecule has 2 aromatic rings. The molecule has 5 heteroatoms. The van der Waals surface area contributed by atoms with Gasteiger partial charge in [-0.1, -0.05) is 24.3 Å². The van der Waals surface area contributed by atoms with Gasteiger partial charge in [-0.3, -0.25) is 4.79 Å². The van der Waals surface area contributed by atoms with Crippen molar-refractivity contribution in [2.24, 2.45) is 0 Å². The second-order valence-corrected chi connectivity index (χ2v) is 7.25. The van der Waals surface area contributed by atoms with E-state index in [0.29, 0.717) is 19.8 Å². The summed E-state index contributed by atoms with van der Waals surface area (Å²) < 4.78 is 11.1. The fourth-order valence-corrected chi connectivity index (χ4v) is 3.70. The van der Waals surface area contributed by atoms with Crippen molar-refractivity contribution in [3.05, 3.63) is 59.7 Å². The molecule has 5 nitrogen and oxygen atoms in total. The van der Waals surface area contributed by atoms with Gasteiger partial charge in [0, 0.05) is 38.4 Å². The van der Waals surface area contributed by atoms with Gasteiger partial charge in [0.15, 0.2) is 11.5 Å². The molecular formula is C23H26N2O3. The summed E-state index contributed by atoms with van der Waals surface area (Å²) in [6.45, 7) is 3.91. The third-order valence-electron chi connectivity index (χ3n) is 5.21. The van der Waals surface area contributed by atoms with Crippen molar-refractivity contribution in [1.29, 1.82) is 0 Å². The summed E-state index contributed by atoms with van der Waals surface area (Å²) in [5, 5.41) is 0. The number of carbonyl (C=O) groups is 1. The van der Waals surface area contributed by atoms with Crippen LogP contribution in [0.1, 0.15) is 24.0 Å². The van der Waals surface area contributed by atoms with Crippen molar-refractivity contribution >= 4 is 17.7 Å². The van der Waals surface area contributed by atoms with E-state index in [-0.39, 0.29) is 5.91 Å². The van der Waals surface area contributed by atoms with E-state index in [1.165, 1.54) is 24.1 Å². The lowest BCUT2D eigenvalue weighted by atomic mass is 10.1. The van der Waals surface area contributed by atoms with Crippen molar-refractivity contribution < 1.29 is 14.3 Å². The van der Waals surface area contributed by atoms with E-state index < -0.39 is 0 Å². The van der Waals surface area contributed by atoms with E-state index in [4.69, 9.17) is 9.47 Å². The highest BCUT2D eigenvalue weighted by Crippen LogP contribution is 2.31. The summed E-state index contributed by atoms with van der Waals surface area (Å²) in [6.07, 6.45) is 5.91. The maximum atomic E-state index is 12.6. The zero-order valence-corrected chi connectivity index (χ0v) is 16.3. The van der Waals surface area contributed by atoms with E-state index in [2.05, 4.69) is 23.1 Å². The van der Waals surface area contributed by atoms with Crippen LogP contribution >= 0.6 is 0 Å². The standard InChI is InChI=1S/C23H26N2O3/c1-24(17-19-6-2-3-7-20(19)25-12-4-5-13-25)23(26)11-9-18-8-10-21-22(16-18)28-15-14-27-21/h2-3,6-11,16H,4-5,12-15,17H2,1H3/b11-9+. The molecule has 0 bridgehead atoms. The van der Waals surface area contributed by atoms with Gasteiger partial charge in [-0.25, -0.2) is 0 Å². The zero-order valence-electron chi connectivity index (χ0n) is 16.3. The normalized spacial score (nSPS) is 15.8. The van der Waals surface area contributed by atoms with Crippen LogP contribution in [0, 0.1) is 0 Å². The van der Waals surface area contributed by atoms with Crippen LogP contribution in [0.2, 0.25) is 0 Å². The molecule has 2 aromatic carbocycles. The number of rotatable bonds is 5. The SMILES string of the molecule is CN(Cc1ccccc1N1CCCC1)C(=O)/C=C/c1ccc2c(c1)OCCO2. The minimum atomic E-state index is -0.0221. The number of ether oxygens (including phenoxy) is 2. The molecule has 0 spiro atoms. The van der Waals surface area contributed by atoms with E-state index in [9.17, 15) is 4.79 Å². The van der Waals surface area contributed by atoms with Gasteiger partial charge in [-0.05, 0) is 48.2 Å².